The minimum Gasteiger partial charge on any atom is -0.354 e. The minimum absolute atomic E-state index is 0.0933. The molecule has 8 nitrogen and oxygen atoms in total. The Labute approximate surface area is 162 Å². The van der Waals surface area contributed by atoms with Crippen molar-refractivity contribution < 1.29 is 14.0 Å². The monoisotopic (exact) mass is 386 g/mol. The molecule has 148 valence electrons. The molecule has 1 aliphatic heterocycles. The molecule has 3 rings (SSSR count). The van der Waals surface area contributed by atoms with E-state index in [9.17, 15) is 14.0 Å². The van der Waals surface area contributed by atoms with Crippen LogP contribution < -0.4 is 15.5 Å². The Morgan fingerprint density at radius 2 is 1.79 bits per heavy atom. The van der Waals surface area contributed by atoms with Crippen molar-refractivity contribution in [2.24, 2.45) is 0 Å². The summed E-state index contributed by atoms with van der Waals surface area (Å²) in [5, 5.41) is 5.35. The van der Waals surface area contributed by atoms with E-state index in [0.29, 0.717) is 45.1 Å². The van der Waals surface area contributed by atoms with E-state index in [1.165, 1.54) is 12.1 Å². The van der Waals surface area contributed by atoms with Gasteiger partial charge < -0.3 is 20.4 Å². The molecule has 0 unspecified atom stereocenters. The number of hydrogen-bond donors (Lipinski definition) is 2. The number of nitrogens with one attached hydrogen (secondary N) is 2. The molecule has 1 saturated heterocycles. The summed E-state index contributed by atoms with van der Waals surface area (Å²) in [6.45, 7) is 2.63. The van der Waals surface area contributed by atoms with Gasteiger partial charge in [0.15, 0.2) is 0 Å². The zero-order valence-electron chi connectivity index (χ0n) is 15.5. The lowest BCUT2D eigenvalue weighted by molar-refractivity contribution is -0.120. The standard InChI is InChI=1S/C19H23FN6O2/c20-16-4-1-3-15(13-16)5-8-21-17(27)14-24-19(28)26-11-9-25(10-12-26)18-22-6-2-7-23-18/h1-4,6-7,13H,5,8-12,14H2,(H,21,27)(H,24,28). The van der Waals surface area contributed by atoms with Crippen molar-refractivity contribution >= 4 is 17.9 Å². The van der Waals surface area contributed by atoms with E-state index in [4.69, 9.17) is 0 Å². The molecule has 2 aromatic rings. The van der Waals surface area contributed by atoms with Gasteiger partial charge in [-0.25, -0.2) is 19.2 Å². The number of amides is 3. The van der Waals surface area contributed by atoms with Crippen molar-refractivity contribution in [2.75, 3.05) is 44.2 Å². The highest BCUT2D eigenvalue weighted by molar-refractivity contribution is 5.84. The van der Waals surface area contributed by atoms with Crippen LogP contribution in [0, 0.1) is 5.82 Å². The maximum Gasteiger partial charge on any atom is 0.317 e. The van der Waals surface area contributed by atoms with Gasteiger partial charge in [0.25, 0.3) is 0 Å². The van der Waals surface area contributed by atoms with Gasteiger partial charge in [-0.3, -0.25) is 4.79 Å². The van der Waals surface area contributed by atoms with E-state index in [0.717, 1.165) is 5.56 Å². The lowest BCUT2D eigenvalue weighted by atomic mass is 10.1. The largest absolute Gasteiger partial charge is 0.354 e. The van der Waals surface area contributed by atoms with E-state index in [1.807, 2.05) is 4.90 Å². The maximum absolute atomic E-state index is 13.1. The first-order chi connectivity index (χ1) is 13.6. The molecule has 1 aromatic carbocycles. The fraction of sp³-hybridized carbons (Fsp3) is 0.368. The molecule has 1 fully saturated rings. The molecule has 2 N–H and O–H groups in total. The Balaban J connectivity index is 1.33. The summed E-state index contributed by atoms with van der Waals surface area (Å²) in [7, 11) is 0. The van der Waals surface area contributed by atoms with Crippen molar-refractivity contribution in [1.82, 2.24) is 25.5 Å². The summed E-state index contributed by atoms with van der Waals surface area (Å²) in [5.41, 5.74) is 0.810. The molecule has 1 aliphatic rings. The second-order valence-electron chi connectivity index (χ2n) is 6.41. The van der Waals surface area contributed by atoms with E-state index in [2.05, 4.69) is 20.6 Å². The fourth-order valence-corrected chi connectivity index (χ4v) is 2.93. The van der Waals surface area contributed by atoms with E-state index < -0.39 is 0 Å². The van der Waals surface area contributed by atoms with Crippen molar-refractivity contribution in [3.8, 4) is 0 Å². The number of aromatic nitrogens is 2. The second-order valence-corrected chi connectivity index (χ2v) is 6.41. The third-order valence-corrected chi connectivity index (χ3v) is 4.43. The number of halogens is 1. The first-order valence-corrected chi connectivity index (χ1v) is 9.18. The van der Waals surface area contributed by atoms with Gasteiger partial charge in [0.2, 0.25) is 11.9 Å². The van der Waals surface area contributed by atoms with Gasteiger partial charge in [0.1, 0.15) is 5.82 Å². The number of carbonyl (C=O) groups is 2. The zero-order chi connectivity index (χ0) is 19.8. The van der Waals surface area contributed by atoms with E-state index >= 15 is 0 Å². The van der Waals surface area contributed by atoms with Crippen LogP contribution in [0.1, 0.15) is 5.56 Å². The van der Waals surface area contributed by atoms with Crippen LogP contribution in [0.3, 0.4) is 0 Å². The number of urea groups is 1. The molecular formula is C19H23FN6O2. The van der Waals surface area contributed by atoms with Crippen LogP contribution in [0.15, 0.2) is 42.7 Å². The normalized spacial score (nSPS) is 13.9. The number of nitrogens with zero attached hydrogens (tertiary/aromatic N) is 4. The van der Waals surface area contributed by atoms with Crippen molar-refractivity contribution in [3.05, 3.63) is 54.1 Å². The molecule has 2 heterocycles. The molecule has 28 heavy (non-hydrogen) atoms. The molecular weight excluding hydrogens is 363 g/mol. The zero-order valence-corrected chi connectivity index (χ0v) is 15.5. The average molecular weight is 386 g/mol. The van der Waals surface area contributed by atoms with Crippen molar-refractivity contribution in [2.45, 2.75) is 6.42 Å². The Kier molecular flexibility index (Phi) is 6.72. The Hall–Kier alpha value is -3.23. The predicted octanol–water partition coefficient (Wildman–Crippen LogP) is 0.806. The van der Waals surface area contributed by atoms with Crippen LogP contribution in [-0.4, -0.2) is 66.1 Å². The smallest absolute Gasteiger partial charge is 0.317 e. The number of benzene rings is 1. The number of rotatable bonds is 6. The summed E-state index contributed by atoms with van der Waals surface area (Å²) in [5.74, 6) is 0.0799. The lowest BCUT2D eigenvalue weighted by Crippen LogP contribution is -2.53. The number of anilines is 1. The van der Waals surface area contributed by atoms with Crippen LogP contribution in [0.25, 0.3) is 0 Å². The van der Waals surface area contributed by atoms with Crippen LogP contribution in [-0.2, 0) is 11.2 Å². The minimum atomic E-state index is -0.296. The third-order valence-electron chi connectivity index (χ3n) is 4.43. The van der Waals surface area contributed by atoms with Gasteiger partial charge >= 0.3 is 6.03 Å². The van der Waals surface area contributed by atoms with Gasteiger partial charge in [-0.2, -0.15) is 0 Å². The molecule has 0 radical (unpaired) electrons. The van der Waals surface area contributed by atoms with E-state index in [1.54, 1.807) is 35.5 Å². The Morgan fingerprint density at radius 1 is 1.04 bits per heavy atom. The van der Waals surface area contributed by atoms with Crippen molar-refractivity contribution in [1.29, 1.82) is 0 Å². The molecule has 0 spiro atoms. The molecule has 0 atom stereocenters. The Bertz CT molecular complexity index is 796. The first kappa shape index (κ1) is 19.5. The van der Waals surface area contributed by atoms with Gasteiger partial charge in [-0.1, -0.05) is 12.1 Å². The quantitative estimate of drug-likeness (QED) is 0.767. The highest BCUT2D eigenvalue weighted by Crippen LogP contribution is 2.09. The predicted molar refractivity (Wildman–Crippen MR) is 102 cm³/mol. The summed E-state index contributed by atoms with van der Waals surface area (Å²) in [6, 6.07) is 7.75. The molecule has 0 aliphatic carbocycles. The summed E-state index contributed by atoms with van der Waals surface area (Å²) in [6.07, 6.45) is 3.91. The molecule has 3 amide bonds. The van der Waals surface area contributed by atoms with Gasteiger partial charge in [0.05, 0.1) is 6.54 Å². The maximum atomic E-state index is 13.1. The highest BCUT2D eigenvalue weighted by Gasteiger charge is 2.22. The molecule has 1 aromatic heterocycles. The third kappa shape index (κ3) is 5.63. The fourth-order valence-electron chi connectivity index (χ4n) is 2.93. The summed E-state index contributed by atoms with van der Waals surface area (Å²) >= 11 is 0. The average Bonchev–Trinajstić information content (AvgIpc) is 2.73. The first-order valence-electron chi connectivity index (χ1n) is 9.18. The summed E-state index contributed by atoms with van der Waals surface area (Å²) < 4.78 is 13.1. The van der Waals surface area contributed by atoms with Gasteiger partial charge in [-0.15, -0.1) is 0 Å². The highest BCUT2D eigenvalue weighted by atomic mass is 19.1. The van der Waals surface area contributed by atoms with Gasteiger partial charge in [0, 0.05) is 45.1 Å². The SMILES string of the molecule is O=C(CNC(=O)N1CCN(c2ncccn2)CC1)NCCc1cccc(F)c1. The topological polar surface area (TPSA) is 90.5 Å². The number of carbonyl (C=O) groups excluding carboxylic acids is 2. The van der Waals surface area contributed by atoms with Crippen LogP contribution in [0.4, 0.5) is 15.1 Å². The summed E-state index contributed by atoms with van der Waals surface area (Å²) in [4.78, 5) is 36.2. The van der Waals surface area contributed by atoms with Crippen LogP contribution in [0.2, 0.25) is 0 Å². The molecule has 9 heteroatoms. The van der Waals surface area contributed by atoms with E-state index in [-0.39, 0.29) is 24.3 Å². The Morgan fingerprint density at radius 3 is 2.50 bits per heavy atom. The van der Waals surface area contributed by atoms with Crippen LogP contribution >= 0.6 is 0 Å². The number of piperazine rings is 1. The molecule has 0 saturated carbocycles. The van der Waals surface area contributed by atoms with Crippen molar-refractivity contribution in [3.63, 3.8) is 0 Å². The van der Waals surface area contributed by atoms with Gasteiger partial charge in [-0.05, 0) is 30.2 Å². The van der Waals surface area contributed by atoms with Crippen LogP contribution in [0.5, 0.6) is 0 Å². The lowest BCUT2D eigenvalue weighted by Gasteiger charge is -2.34. The molecule has 0 bridgehead atoms. The second kappa shape index (κ2) is 9.63. The number of hydrogen-bond acceptors (Lipinski definition) is 5.